The second kappa shape index (κ2) is 8.59. The summed E-state index contributed by atoms with van der Waals surface area (Å²) in [6.45, 7) is 2.88. The van der Waals surface area contributed by atoms with Crippen LogP contribution in [0.4, 0.5) is 18.9 Å². The van der Waals surface area contributed by atoms with E-state index in [0.717, 1.165) is 12.5 Å². The maximum absolute atomic E-state index is 13.1. The molecular formula is C18H15ClF3NO3S2. The first-order valence-electron chi connectivity index (χ1n) is 7.75. The van der Waals surface area contributed by atoms with Crippen molar-refractivity contribution in [1.29, 1.82) is 0 Å². The van der Waals surface area contributed by atoms with Crippen LogP contribution in [0.3, 0.4) is 0 Å². The molecule has 0 spiro atoms. The molecule has 0 heterocycles. The molecule has 0 saturated carbocycles. The highest BCUT2D eigenvalue weighted by Crippen LogP contribution is 2.33. The van der Waals surface area contributed by atoms with Crippen LogP contribution < -0.4 is 4.31 Å². The first-order valence-corrected chi connectivity index (χ1v) is 10.4. The zero-order valence-electron chi connectivity index (χ0n) is 14.7. The number of aryl methyl sites for hydroxylation is 1. The summed E-state index contributed by atoms with van der Waals surface area (Å²) >= 11 is 5.28. The van der Waals surface area contributed by atoms with Crippen LogP contribution in [0.1, 0.15) is 12.5 Å². The van der Waals surface area contributed by atoms with Gasteiger partial charge in [-0.25, -0.2) is 8.42 Å². The Morgan fingerprint density at radius 3 is 2.11 bits per heavy atom. The molecule has 2 rings (SSSR count). The monoisotopic (exact) mass is 449 g/mol. The third-order valence-corrected chi connectivity index (χ3v) is 6.23. The first kappa shape index (κ1) is 22.3. The molecule has 28 heavy (non-hydrogen) atoms. The summed E-state index contributed by atoms with van der Waals surface area (Å²) in [5.74, 6) is -1.10. The highest BCUT2D eigenvalue weighted by molar-refractivity contribution is 8.03. The Hall–Kier alpha value is -1.97. The Balaban J connectivity index is 2.55. The topological polar surface area (TPSA) is 54.5 Å². The number of rotatable bonds is 5. The van der Waals surface area contributed by atoms with Gasteiger partial charge in [-0.2, -0.15) is 17.5 Å². The van der Waals surface area contributed by atoms with Gasteiger partial charge >= 0.3 is 5.51 Å². The van der Waals surface area contributed by atoms with E-state index in [2.05, 4.69) is 0 Å². The van der Waals surface area contributed by atoms with Gasteiger partial charge in [0.2, 0.25) is 0 Å². The summed E-state index contributed by atoms with van der Waals surface area (Å²) in [4.78, 5) is 12.6. The average Bonchev–Trinajstić information content (AvgIpc) is 2.61. The van der Waals surface area contributed by atoms with Crippen LogP contribution in [-0.2, 0) is 14.8 Å². The molecule has 0 aromatic heterocycles. The molecule has 2 aromatic carbocycles. The molecule has 0 N–H and O–H groups in total. The van der Waals surface area contributed by atoms with Crippen LogP contribution in [0, 0.1) is 6.92 Å². The Kier molecular flexibility index (Phi) is 6.84. The molecule has 1 amide bonds. The van der Waals surface area contributed by atoms with Gasteiger partial charge in [-0.15, -0.1) is 0 Å². The Labute approximate surface area is 170 Å². The fraction of sp³-hybridized carbons (Fsp3) is 0.167. The second-order valence-corrected chi connectivity index (χ2v) is 8.89. The van der Waals surface area contributed by atoms with Gasteiger partial charge in [0.1, 0.15) is 0 Å². The molecule has 150 valence electrons. The van der Waals surface area contributed by atoms with Crippen LogP contribution in [0.5, 0.6) is 0 Å². The largest absolute Gasteiger partial charge is 0.445 e. The van der Waals surface area contributed by atoms with Gasteiger partial charge in [-0.05, 0) is 67.4 Å². The number of sulfonamides is 1. The maximum atomic E-state index is 13.1. The zero-order valence-corrected chi connectivity index (χ0v) is 17.1. The van der Waals surface area contributed by atoms with Crippen molar-refractivity contribution in [2.24, 2.45) is 0 Å². The summed E-state index contributed by atoms with van der Waals surface area (Å²) in [7, 11) is -4.37. The van der Waals surface area contributed by atoms with Crippen LogP contribution in [-0.4, -0.2) is 19.8 Å². The lowest BCUT2D eigenvalue weighted by atomic mass is 10.2. The molecule has 0 unspecified atom stereocenters. The molecule has 0 aliphatic heterocycles. The van der Waals surface area contributed by atoms with Gasteiger partial charge in [-0.1, -0.05) is 29.3 Å². The normalized spacial score (nSPS) is 12.7. The van der Waals surface area contributed by atoms with E-state index in [0.29, 0.717) is 14.7 Å². The van der Waals surface area contributed by atoms with Crippen molar-refractivity contribution in [3.8, 4) is 0 Å². The van der Waals surface area contributed by atoms with E-state index >= 15 is 0 Å². The highest BCUT2D eigenvalue weighted by Gasteiger charge is 2.33. The maximum Gasteiger partial charge on any atom is 0.445 e. The van der Waals surface area contributed by atoms with Gasteiger partial charge in [0.15, 0.2) is 0 Å². The Bertz CT molecular complexity index is 986. The quantitative estimate of drug-likeness (QED) is 0.563. The summed E-state index contributed by atoms with van der Waals surface area (Å²) in [5, 5.41) is 0.888. The lowest BCUT2D eigenvalue weighted by molar-refractivity contribution is -0.114. The van der Waals surface area contributed by atoms with Gasteiger partial charge in [0.05, 0.1) is 10.6 Å². The SMILES string of the molecule is CC(=CSC(F)(F)F)C(=O)N(c1ccc(Cl)cc1)S(=O)(=O)c1ccc(C)cc1. The first-order chi connectivity index (χ1) is 12.9. The molecule has 0 aliphatic carbocycles. The Morgan fingerprint density at radius 1 is 1.07 bits per heavy atom. The van der Waals surface area contributed by atoms with Crippen molar-refractivity contribution in [3.63, 3.8) is 0 Å². The minimum Gasteiger partial charge on any atom is -0.268 e. The van der Waals surface area contributed by atoms with E-state index in [-0.39, 0.29) is 16.2 Å². The van der Waals surface area contributed by atoms with Crippen LogP contribution in [0.15, 0.2) is 64.4 Å². The third-order valence-electron chi connectivity index (χ3n) is 3.51. The lowest BCUT2D eigenvalue weighted by Crippen LogP contribution is -2.37. The van der Waals surface area contributed by atoms with Crippen LogP contribution in [0.25, 0.3) is 0 Å². The number of hydrogen-bond donors (Lipinski definition) is 0. The molecular weight excluding hydrogens is 435 g/mol. The molecule has 2 aromatic rings. The summed E-state index contributed by atoms with van der Waals surface area (Å²) in [5.41, 5.74) is -4.21. The van der Waals surface area contributed by atoms with E-state index in [1.165, 1.54) is 36.4 Å². The standard InChI is InChI=1S/C18H15ClF3NO3S2/c1-12-3-9-16(10-4-12)28(25,26)23(15-7-5-14(19)6-8-15)17(24)13(2)11-27-18(20,21)22/h3-11H,1-2H3. The minimum absolute atomic E-state index is 0.0419. The number of carbonyl (C=O) groups is 1. The number of amides is 1. The molecule has 0 radical (unpaired) electrons. The fourth-order valence-electron chi connectivity index (χ4n) is 2.12. The van der Waals surface area contributed by atoms with Crippen molar-refractivity contribution >= 4 is 45.0 Å². The molecule has 0 atom stereocenters. The number of thioether (sulfide) groups is 1. The minimum atomic E-state index is -4.59. The van der Waals surface area contributed by atoms with E-state index in [9.17, 15) is 26.4 Å². The molecule has 0 bridgehead atoms. The number of anilines is 1. The van der Waals surface area contributed by atoms with E-state index in [1.54, 1.807) is 19.1 Å². The van der Waals surface area contributed by atoms with Crippen LogP contribution >= 0.6 is 23.4 Å². The predicted molar refractivity (Wildman–Crippen MR) is 105 cm³/mol. The lowest BCUT2D eigenvalue weighted by Gasteiger charge is -2.23. The van der Waals surface area contributed by atoms with Crippen molar-refractivity contribution in [2.75, 3.05) is 4.31 Å². The number of halogens is 4. The number of nitrogens with zero attached hydrogens (tertiary/aromatic N) is 1. The summed E-state index contributed by atoms with van der Waals surface area (Å²) in [6, 6.07) is 11.1. The predicted octanol–water partition coefficient (Wildman–Crippen LogP) is 5.53. The van der Waals surface area contributed by atoms with Gasteiger partial charge in [-0.3, -0.25) is 4.79 Å². The van der Waals surface area contributed by atoms with Gasteiger partial charge in [0.25, 0.3) is 15.9 Å². The summed E-state index contributed by atoms with van der Waals surface area (Å²) in [6.07, 6.45) is 0. The van der Waals surface area contributed by atoms with E-state index < -0.39 is 33.2 Å². The van der Waals surface area contributed by atoms with E-state index in [4.69, 9.17) is 11.6 Å². The molecule has 4 nitrogen and oxygen atoms in total. The van der Waals surface area contributed by atoms with Crippen molar-refractivity contribution in [2.45, 2.75) is 24.3 Å². The number of hydrogen-bond acceptors (Lipinski definition) is 4. The molecule has 0 fully saturated rings. The fourth-order valence-corrected chi connectivity index (χ4v) is 4.11. The molecule has 0 aliphatic rings. The second-order valence-electron chi connectivity index (χ2n) is 5.73. The number of carbonyl (C=O) groups excluding carboxylic acids is 1. The van der Waals surface area contributed by atoms with E-state index in [1.807, 2.05) is 0 Å². The summed E-state index contributed by atoms with van der Waals surface area (Å²) < 4.78 is 64.0. The van der Waals surface area contributed by atoms with Gasteiger partial charge < -0.3 is 0 Å². The van der Waals surface area contributed by atoms with Crippen molar-refractivity contribution in [1.82, 2.24) is 0 Å². The molecule has 10 heteroatoms. The smallest absolute Gasteiger partial charge is 0.268 e. The van der Waals surface area contributed by atoms with Crippen LogP contribution in [0.2, 0.25) is 5.02 Å². The Morgan fingerprint density at radius 2 is 1.61 bits per heavy atom. The molecule has 0 saturated heterocycles. The number of alkyl halides is 3. The third kappa shape index (κ3) is 5.52. The van der Waals surface area contributed by atoms with Crippen molar-refractivity contribution in [3.05, 3.63) is 70.1 Å². The zero-order chi connectivity index (χ0) is 21.1. The van der Waals surface area contributed by atoms with Crippen molar-refractivity contribution < 1.29 is 26.4 Å². The highest BCUT2D eigenvalue weighted by atomic mass is 35.5. The average molecular weight is 450 g/mol. The van der Waals surface area contributed by atoms with Gasteiger partial charge in [0, 0.05) is 10.6 Å². The number of benzene rings is 2.